The first-order valence-electron chi connectivity index (χ1n) is 8.56. The molecule has 2 aromatic heterocycles. The fourth-order valence-corrected chi connectivity index (χ4v) is 4.00. The molecule has 0 radical (unpaired) electrons. The molecule has 8 heteroatoms. The minimum Gasteiger partial charge on any atom is -0.744 e. The highest BCUT2D eigenvalue weighted by Gasteiger charge is 2.19. The van der Waals surface area contributed by atoms with Crippen LogP contribution in [0.15, 0.2) is 86.0 Å². The molecule has 0 saturated carbocycles. The molecule has 150 valence electrons. The van der Waals surface area contributed by atoms with Gasteiger partial charge in [0.25, 0.3) is 0 Å². The van der Waals surface area contributed by atoms with Crippen LogP contribution < -0.4 is 4.57 Å². The van der Waals surface area contributed by atoms with E-state index in [9.17, 15) is 13.0 Å². The molecule has 4 aromatic rings. The zero-order chi connectivity index (χ0) is 21.0. The van der Waals surface area contributed by atoms with Crippen LogP contribution in [0.2, 0.25) is 0 Å². The van der Waals surface area contributed by atoms with Crippen molar-refractivity contribution in [3.05, 3.63) is 82.3 Å². The van der Waals surface area contributed by atoms with E-state index in [1.807, 2.05) is 55.1 Å². The Kier molecular flexibility index (Phi) is 6.69. The average Bonchev–Trinajstić information content (AvgIpc) is 3.32. The summed E-state index contributed by atoms with van der Waals surface area (Å²) in [5.41, 5.74) is 2.01. The second-order valence-corrected chi connectivity index (χ2v) is 9.51. The third kappa shape index (κ3) is 5.63. The minimum absolute atomic E-state index is 0.178. The molecular weight excluding hydrogens is 474 g/mol. The number of hydrogen-bond donors (Lipinski definition) is 0. The summed E-state index contributed by atoms with van der Waals surface area (Å²) < 4.78 is 40.2. The predicted molar refractivity (Wildman–Crippen MR) is 115 cm³/mol. The Labute approximate surface area is 182 Å². The summed E-state index contributed by atoms with van der Waals surface area (Å²) in [7, 11) is -2.27. The highest BCUT2D eigenvalue weighted by atomic mass is 79.9. The lowest BCUT2D eigenvalue weighted by atomic mass is 10.2. The minimum atomic E-state index is -4.27. The predicted octanol–water partition coefficient (Wildman–Crippen LogP) is 5.16. The van der Waals surface area contributed by atoms with Crippen molar-refractivity contribution in [2.45, 2.75) is 11.8 Å². The summed E-state index contributed by atoms with van der Waals surface area (Å²) in [6.45, 7) is 1.82. The van der Waals surface area contributed by atoms with Crippen molar-refractivity contribution >= 4 is 37.4 Å². The molecule has 0 spiro atoms. The van der Waals surface area contributed by atoms with Gasteiger partial charge in [0.1, 0.15) is 22.0 Å². The number of rotatable bonds is 3. The van der Waals surface area contributed by atoms with Crippen molar-refractivity contribution in [1.82, 2.24) is 0 Å². The van der Waals surface area contributed by atoms with Gasteiger partial charge in [0, 0.05) is 10.0 Å². The third-order valence-corrected chi connectivity index (χ3v) is 6.24. The number of aryl methyl sites for hydroxylation is 2. The second-order valence-electron chi connectivity index (χ2n) is 6.26. The maximum Gasteiger partial charge on any atom is 0.391 e. The first-order chi connectivity index (χ1) is 13.7. The number of oxazole rings is 1. The molecule has 29 heavy (non-hydrogen) atoms. The van der Waals surface area contributed by atoms with Crippen molar-refractivity contribution in [2.24, 2.45) is 7.05 Å². The highest BCUT2D eigenvalue weighted by Crippen LogP contribution is 2.28. The largest absolute Gasteiger partial charge is 0.744 e. The highest BCUT2D eigenvalue weighted by molar-refractivity contribution is 9.10. The van der Waals surface area contributed by atoms with Gasteiger partial charge in [-0.05, 0) is 54.8 Å². The van der Waals surface area contributed by atoms with Gasteiger partial charge in [0.15, 0.2) is 0 Å². The average molecular weight is 492 g/mol. The number of hydrogen-bond acceptors (Lipinski definition) is 5. The van der Waals surface area contributed by atoms with E-state index >= 15 is 0 Å². The lowest BCUT2D eigenvalue weighted by Gasteiger charge is -2.05. The number of halogens is 1. The summed E-state index contributed by atoms with van der Waals surface area (Å²) in [6.07, 6.45) is 2.01. The first kappa shape index (κ1) is 21.4. The molecule has 2 heterocycles. The van der Waals surface area contributed by atoms with E-state index in [2.05, 4.69) is 27.4 Å². The Bertz CT molecular complexity index is 1180. The molecule has 0 N–H and O–H groups in total. The fourth-order valence-electron chi connectivity index (χ4n) is 2.51. The summed E-state index contributed by atoms with van der Waals surface area (Å²) >= 11 is 5.11. The van der Waals surface area contributed by atoms with Crippen LogP contribution in [0.1, 0.15) is 5.56 Å². The van der Waals surface area contributed by atoms with Gasteiger partial charge < -0.3 is 8.97 Å². The van der Waals surface area contributed by atoms with Crippen molar-refractivity contribution in [2.75, 3.05) is 0 Å². The van der Waals surface area contributed by atoms with Crippen molar-refractivity contribution in [3.8, 4) is 22.1 Å². The number of nitrogens with zero attached hydrogens (tertiary/aromatic N) is 1. The quantitative estimate of drug-likeness (QED) is 0.293. The van der Waals surface area contributed by atoms with E-state index in [4.69, 9.17) is 4.42 Å². The molecule has 4 rings (SSSR count). The molecule has 0 bridgehead atoms. The van der Waals surface area contributed by atoms with Crippen LogP contribution in [0.4, 0.5) is 0 Å². The summed E-state index contributed by atoms with van der Waals surface area (Å²) in [6, 6.07) is 18.0. The number of thiophene rings is 1. The molecule has 0 aliphatic rings. The van der Waals surface area contributed by atoms with E-state index in [0.717, 1.165) is 32.1 Å². The first-order valence-corrected chi connectivity index (χ1v) is 11.6. The van der Waals surface area contributed by atoms with Crippen LogP contribution in [0.5, 0.6) is 0 Å². The molecular formula is C21H18BrNO4S2. The summed E-state index contributed by atoms with van der Waals surface area (Å²) in [5.74, 6) is 1.77. The molecule has 0 fully saturated rings. The van der Waals surface area contributed by atoms with Crippen LogP contribution in [-0.2, 0) is 17.2 Å². The third-order valence-electron chi connectivity index (χ3n) is 4.01. The Morgan fingerprint density at radius 3 is 2.24 bits per heavy atom. The summed E-state index contributed by atoms with van der Waals surface area (Å²) in [4.78, 5) is 0.962. The maximum atomic E-state index is 10.4. The molecule has 5 nitrogen and oxygen atoms in total. The van der Waals surface area contributed by atoms with Crippen LogP contribution in [-0.4, -0.2) is 13.0 Å². The van der Waals surface area contributed by atoms with Gasteiger partial charge in [-0.15, -0.1) is 11.3 Å². The van der Waals surface area contributed by atoms with Gasteiger partial charge >= 0.3 is 5.89 Å². The standard InChI is InChI=1S/C14H11BrNOS.C7H8O3S/c1-16-9-12(10-4-6-11(15)7-5-10)17-14(16)13-3-2-8-18-13;1-6-2-4-7(5-3-6)11(8,9)10/h2-9H,1H3;2-5H,1H3,(H,8,9,10)/q+1;/p-1. The Morgan fingerprint density at radius 2 is 1.69 bits per heavy atom. The zero-order valence-electron chi connectivity index (χ0n) is 15.7. The smallest absolute Gasteiger partial charge is 0.391 e. The van der Waals surface area contributed by atoms with Crippen LogP contribution in [0.3, 0.4) is 0 Å². The molecule has 0 unspecified atom stereocenters. The molecule has 0 amide bonds. The van der Waals surface area contributed by atoms with E-state index in [-0.39, 0.29) is 4.90 Å². The molecule has 0 aliphatic heterocycles. The van der Waals surface area contributed by atoms with Crippen LogP contribution in [0.25, 0.3) is 22.1 Å². The van der Waals surface area contributed by atoms with E-state index in [1.165, 1.54) is 12.1 Å². The second kappa shape index (κ2) is 9.04. The SMILES string of the molecule is C[n+]1cc(-c2ccc(Br)cc2)oc1-c1cccs1.Cc1ccc(S(=O)(=O)[O-])cc1. The Morgan fingerprint density at radius 1 is 1.03 bits per heavy atom. The monoisotopic (exact) mass is 491 g/mol. The number of aromatic nitrogens is 1. The fraction of sp³-hybridized carbons (Fsp3) is 0.0952. The topological polar surface area (TPSA) is 74.2 Å². The molecule has 0 saturated heterocycles. The van der Waals surface area contributed by atoms with Crippen LogP contribution in [0, 0.1) is 6.92 Å². The summed E-state index contributed by atoms with van der Waals surface area (Å²) in [5, 5.41) is 2.05. The van der Waals surface area contributed by atoms with Gasteiger partial charge in [0.05, 0.1) is 4.90 Å². The van der Waals surface area contributed by atoms with E-state index in [1.54, 1.807) is 23.5 Å². The molecule has 0 aliphatic carbocycles. The lowest BCUT2D eigenvalue weighted by Crippen LogP contribution is -2.26. The van der Waals surface area contributed by atoms with E-state index in [0.29, 0.717) is 0 Å². The van der Waals surface area contributed by atoms with Crippen molar-refractivity contribution in [1.29, 1.82) is 0 Å². The van der Waals surface area contributed by atoms with Gasteiger partial charge in [-0.2, -0.15) is 4.57 Å². The van der Waals surface area contributed by atoms with Gasteiger partial charge in [-0.3, -0.25) is 0 Å². The van der Waals surface area contributed by atoms with Crippen LogP contribution >= 0.6 is 27.3 Å². The molecule has 0 atom stereocenters. The zero-order valence-corrected chi connectivity index (χ0v) is 18.9. The van der Waals surface area contributed by atoms with Crippen molar-refractivity contribution in [3.63, 3.8) is 0 Å². The Hall–Kier alpha value is -2.26. The molecule has 2 aromatic carbocycles. The normalized spacial score (nSPS) is 11.0. The van der Waals surface area contributed by atoms with Crippen molar-refractivity contribution < 1.29 is 22.0 Å². The van der Waals surface area contributed by atoms with Gasteiger partial charge in [-0.25, -0.2) is 8.42 Å². The van der Waals surface area contributed by atoms with Gasteiger partial charge in [-0.1, -0.05) is 39.7 Å². The maximum absolute atomic E-state index is 10.4. The van der Waals surface area contributed by atoms with Gasteiger partial charge in [0.2, 0.25) is 12.0 Å². The number of benzene rings is 2. The Balaban J connectivity index is 0.000000188. The van der Waals surface area contributed by atoms with E-state index < -0.39 is 10.1 Å². The lowest BCUT2D eigenvalue weighted by molar-refractivity contribution is -0.662.